The minimum absolute atomic E-state index is 0.0808. The predicted molar refractivity (Wildman–Crippen MR) is 205 cm³/mol. The van der Waals surface area contributed by atoms with Crippen LogP contribution < -0.4 is 10.0 Å². The number of rotatable bonds is 11. The van der Waals surface area contributed by atoms with E-state index >= 15 is 0 Å². The number of fused-ring (bicyclic) bond motifs is 1. The molecule has 1 saturated carbocycles. The molecular weight excluding hydrogens is 801 g/mol. The van der Waals surface area contributed by atoms with Crippen LogP contribution in [-0.2, 0) is 50.5 Å². The van der Waals surface area contributed by atoms with E-state index in [-0.39, 0.29) is 34.2 Å². The number of carbonyl (C=O) groups is 1. The summed E-state index contributed by atoms with van der Waals surface area (Å²) in [5, 5.41) is 7.33. The molecule has 56 heavy (non-hydrogen) atoms. The number of pyridine rings is 1. The molecule has 1 amide bonds. The lowest BCUT2D eigenvalue weighted by molar-refractivity contribution is -0.141. The zero-order valence-corrected chi connectivity index (χ0v) is 32.7. The Morgan fingerprint density at radius 2 is 1.73 bits per heavy atom. The second kappa shape index (κ2) is 14.8. The Morgan fingerprint density at radius 3 is 2.34 bits per heavy atom. The third-order valence-electron chi connectivity index (χ3n) is 8.91. The molecule has 1 aliphatic rings. The Kier molecular flexibility index (Phi) is 10.8. The molecular formula is C37H35ClF5N7O4S2. The maximum atomic E-state index is 14.5. The number of halogens is 6. The van der Waals surface area contributed by atoms with E-state index in [9.17, 15) is 39.4 Å². The first-order chi connectivity index (χ1) is 26.0. The first kappa shape index (κ1) is 40.7. The molecule has 5 aromatic rings. The van der Waals surface area contributed by atoms with E-state index in [2.05, 4.69) is 37.8 Å². The van der Waals surface area contributed by atoms with Crippen LogP contribution in [0.15, 0.2) is 55.0 Å². The number of amides is 1. The molecule has 0 saturated heterocycles. The maximum absolute atomic E-state index is 14.5. The Hall–Kier alpha value is -4.99. The third kappa shape index (κ3) is 8.85. The first-order valence-electron chi connectivity index (χ1n) is 16.9. The molecule has 3 aromatic heterocycles. The van der Waals surface area contributed by atoms with Crippen LogP contribution in [0.1, 0.15) is 55.4 Å². The van der Waals surface area contributed by atoms with Gasteiger partial charge in [-0.2, -0.15) is 18.3 Å². The molecule has 19 heteroatoms. The van der Waals surface area contributed by atoms with Gasteiger partial charge in [0.2, 0.25) is 5.91 Å². The summed E-state index contributed by atoms with van der Waals surface area (Å²) in [5.41, 5.74) is 0.250. The number of nitrogens with zero attached hydrogens (tertiary/aromatic N) is 5. The van der Waals surface area contributed by atoms with Crippen molar-refractivity contribution in [1.29, 1.82) is 0 Å². The summed E-state index contributed by atoms with van der Waals surface area (Å²) in [6.45, 7) is 2.36. The second-order valence-corrected chi connectivity index (χ2v) is 19.5. The summed E-state index contributed by atoms with van der Waals surface area (Å²) in [6, 6.07) is 7.91. The van der Waals surface area contributed by atoms with Crippen LogP contribution in [0, 0.1) is 23.5 Å². The number of benzene rings is 2. The Balaban J connectivity index is 1.54. The van der Waals surface area contributed by atoms with Gasteiger partial charge in [0.05, 0.1) is 39.2 Å². The molecule has 2 aromatic carbocycles. The third-order valence-corrected chi connectivity index (χ3v) is 12.7. The number of aromatic nitrogens is 5. The molecule has 3 heterocycles. The van der Waals surface area contributed by atoms with Crippen LogP contribution >= 0.6 is 11.6 Å². The summed E-state index contributed by atoms with van der Waals surface area (Å²) in [6.07, 6.45) is -1.08. The molecule has 0 aliphatic heterocycles. The Labute approximate surface area is 324 Å². The van der Waals surface area contributed by atoms with E-state index in [1.807, 2.05) is 0 Å². The monoisotopic (exact) mass is 835 g/mol. The summed E-state index contributed by atoms with van der Waals surface area (Å²) >= 11 is 6.66. The topological polar surface area (TPSA) is 141 Å². The van der Waals surface area contributed by atoms with Gasteiger partial charge in [0.15, 0.2) is 21.3 Å². The number of nitrogens with one attached hydrogen (secondary N) is 2. The van der Waals surface area contributed by atoms with E-state index in [0.29, 0.717) is 47.1 Å². The summed E-state index contributed by atoms with van der Waals surface area (Å²) in [5.74, 6) is 6.86. The number of imidazole rings is 1. The van der Waals surface area contributed by atoms with Crippen molar-refractivity contribution < 1.29 is 39.4 Å². The minimum Gasteiger partial charge on any atom is -0.346 e. The molecule has 1 aliphatic carbocycles. The fourth-order valence-corrected chi connectivity index (χ4v) is 8.75. The van der Waals surface area contributed by atoms with Crippen molar-refractivity contribution in [2.24, 2.45) is 7.05 Å². The quantitative estimate of drug-likeness (QED) is 0.0910. The van der Waals surface area contributed by atoms with Crippen LogP contribution in [0.5, 0.6) is 0 Å². The average molecular weight is 836 g/mol. The van der Waals surface area contributed by atoms with Gasteiger partial charge in [-0.25, -0.2) is 31.4 Å². The molecule has 0 radical (unpaired) electrons. The normalized spacial score (nSPS) is 15.2. The Morgan fingerprint density at radius 1 is 1.07 bits per heavy atom. The highest BCUT2D eigenvalue weighted by Crippen LogP contribution is 2.40. The molecule has 2 atom stereocenters. The standard InChI is InChI=1S/C37H35ClF5N7O4S2/c1-36(2,56(53,54)25-7-8-25)13-12-24-6-9-26(27-10-11-28(38)32-34(27)49(3)47-35(32)48-55(4,5)52)33(45-24)29(16-21-14-22(39)17-23(40)15-21)46-31(51)19-50-18-30(44-20-50)37(41,42)43/h6,9-11,14-15,17-18,20,25,29H,4,7-8,16,19H2,1-3,5H3,(H,46,51)(H,47,48,52)/t29-,55?/m0/s1. The van der Waals surface area contributed by atoms with Crippen LogP contribution in [0.3, 0.4) is 0 Å². The molecule has 296 valence electrons. The number of anilines is 1. The largest absolute Gasteiger partial charge is 0.434 e. The predicted octanol–water partition coefficient (Wildman–Crippen LogP) is 6.26. The van der Waals surface area contributed by atoms with Crippen molar-refractivity contribution in [3.63, 3.8) is 0 Å². The summed E-state index contributed by atoms with van der Waals surface area (Å²) < 4.78 is 112. The first-order valence-corrected chi connectivity index (χ1v) is 20.9. The number of sulfone groups is 1. The van der Waals surface area contributed by atoms with E-state index < -0.39 is 71.5 Å². The molecule has 11 nitrogen and oxygen atoms in total. The fraction of sp³-hybridized carbons (Fsp3) is 0.324. The number of hydrogen-bond acceptors (Lipinski definition) is 7. The Bertz CT molecular complexity index is 2640. The van der Waals surface area contributed by atoms with Gasteiger partial charge in [0.1, 0.15) is 28.6 Å². The second-order valence-electron chi connectivity index (χ2n) is 14.1. The van der Waals surface area contributed by atoms with Gasteiger partial charge in [-0.3, -0.25) is 14.2 Å². The van der Waals surface area contributed by atoms with Crippen LogP contribution in [0.4, 0.5) is 27.8 Å². The van der Waals surface area contributed by atoms with Crippen molar-refractivity contribution >= 4 is 59.6 Å². The number of alkyl halides is 3. The lowest BCUT2D eigenvalue weighted by Crippen LogP contribution is -2.34. The van der Waals surface area contributed by atoms with Crippen molar-refractivity contribution in [3.05, 3.63) is 94.3 Å². The average Bonchev–Trinajstić information content (AvgIpc) is 3.75. The molecule has 6 rings (SSSR count). The number of hydrogen-bond donors (Lipinski definition) is 2. The maximum Gasteiger partial charge on any atom is 0.434 e. The highest BCUT2D eigenvalue weighted by Gasteiger charge is 2.45. The van der Waals surface area contributed by atoms with Crippen molar-refractivity contribution in [2.75, 3.05) is 11.0 Å². The summed E-state index contributed by atoms with van der Waals surface area (Å²) in [4.78, 5) is 21.7. The van der Waals surface area contributed by atoms with Gasteiger partial charge >= 0.3 is 6.18 Å². The van der Waals surface area contributed by atoms with Crippen LogP contribution in [0.2, 0.25) is 5.02 Å². The number of aryl methyl sites for hydroxylation is 1. The van der Waals surface area contributed by atoms with Gasteiger partial charge in [0, 0.05) is 46.4 Å². The molecule has 2 N–H and O–H groups in total. The van der Waals surface area contributed by atoms with E-state index in [4.69, 9.17) is 16.6 Å². The van der Waals surface area contributed by atoms with Gasteiger partial charge in [-0.05, 0) is 80.8 Å². The highest BCUT2D eigenvalue weighted by molar-refractivity contribution is 8.00. The molecule has 1 fully saturated rings. The van der Waals surface area contributed by atoms with E-state index in [1.54, 1.807) is 25.2 Å². The zero-order chi connectivity index (χ0) is 41.0. The summed E-state index contributed by atoms with van der Waals surface area (Å²) in [7, 11) is -4.84. The smallest absolute Gasteiger partial charge is 0.346 e. The highest BCUT2D eigenvalue weighted by atomic mass is 35.5. The van der Waals surface area contributed by atoms with Crippen molar-refractivity contribution in [2.45, 2.75) is 61.9 Å². The molecule has 0 spiro atoms. The fourth-order valence-electron chi connectivity index (χ4n) is 6.17. The van der Waals surface area contributed by atoms with Gasteiger partial charge in [-0.15, -0.1) is 0 Å². The van der Waals surface area contributed by atoms with Gasteiger partial charge < -0.3 is 9.88 Å². The van der Waals surface area contributed by atoms with Crippen molar-refractivity contribution in [1.82, 2.24) is 29.6 Å². The van der Waals surface area contributed by atoms with E-state index in [1.165, 1.54) is 30.9 Å². The molecule has 1 unspecified atom stereocenters. The SMILES string of the molecule is C=S(C)(=O)Nc1nn(C)c2c(-c3ccc(C#CC(C)(C)S(=O)(=O)C4CC4)nc3[C@H](Cc3cc(F)cc(F)c3)NC(=O)Cn3cnc(C(F)(F)F)c3)ccc(Cl)c12. The lowest BCUT2D eigenvalue weighted by atomic mass is 9.93. The van der Waals surface area contributed by atoms with E-state index in [0.717, 1.165) is 23.0 Å². The zero-order valence-electron chi connectivity index (χ0n) is 30.3. The van der Waals surface area contributed by atoms with Crippen molar-refractivity contribution in [3.8, 4) is 23.0 Å². The number of carbonyl (C=O) groups excluding carboxylic acids is 1. The van der Waals surface area contributed by atoms with Crippen LogP contribution in [0.25, 0.3) is 22.0 Å². The minimum atomic E-state index is -4.76. The van der Waals surface area contributed by atoms with Crippen LogP contribution in [-0.4, -0.2) is 65.0 Å². The van der Waals surface area contributed by atoms with Gasteiger partial charge in [0.25, 0.3) is 0 Å². The molecule has 0 bridgehead atoms. The lowest BCUT2D eigenvalue weighted by Gasteiger charge is -2.23. The van der Waals surface area contributed by atoms with Gasteiger partial charge in [-0.1, -0.05) is 23.6 Å².